The van der Waals surface area contributed by atoms with E-state index in [0.717, 1.165) is 4.88 Å². The number of phenolic OH excluding ortho intramolecular Hbond substituents is 1. The van der Waals surface area contributed by atoms with Crippen molar-refractivity contribution in [1.82, 2.24) is 15.1 Å². The van der Waals surface area contributed by atoms with E-state index in [1.54, 1.807) is 17.5 Å². The van der Waals surface area contributed by atoms with Crippen LogP contribution < -0.4 is 10.9 Å². The summed E-state index contributed by atoms with van der Waals surface area (Å²) in [7, 11) is 0. The van der Waals surface area contributed by atoms with Gasteiger partial charge in [0.1, 0.15) is 5.75 Å². The molecule has 3 rings (SSSR count). The number of aromatic hydroxyl groups is 1. The number of nitrogens with zero attached hydrogens (tertiary/aromatic N) is 2. The van der Waals surface area contributed by atoms with Crippen molar-refractivity contribution in [2.45, 2.75) is 26.8 Å². The molecule has 2 N–H and O–H groups in total. The lowest BCUT2D eigenvalue weighted by Gasteiger charge is -2.11. The molecule has 1 aromatic carbocycles. The third-order valence-corrected chi connectivity index (χ3v) is 4.48. The summed E-state index contributed by atoms with van der Waals surface area (Å²) in [5, 5.41) is 19.4. The number of hydrogen-bond acceptors (Lipinski definition) is 5. The molecule has 0 unspecified atom stereocenters. The Morgan fingerprint density at radius 2 is 1.96 bits per heavy atom. The Morgan fingerprint density at radius 1 is 1.29 bits per heavy atom. The van der Waals surface area contributed by atoms with Gasteiger partial charge in [0.15, 0.2) is 5.69 Å². The quantitative estimate of drug-likeness (QED) is 0.765. The molecule has 0 spiro atoms. The largest absolute Gasteiger partial charge is 0.508 e. The second kappa shape index (κ2) is 6.09. The number of nitrogens with one attached hydrogen (secondary N) is 1. The van der Waals surface area contributed by atoms with E-state index in [1.807, 2.05) is 20.8 Å². The molecule has 0 atom stereocenters. The summed E-state index contributed by atoms with van der Waals surface area (Å²) in [5.41, 5.74) is 0.426. The summed E-state index contributed by atoms with van der Waals surface area (Å²) in [6.45, 7) is 5.58. The highest BCUT2D eigenvalue weighted by Gasteiger charge is 2.20. The molecule has 2 heterocycles. The Hall–Kier alpha value is -2.67. The minimum Gasteiger partial charge on any atom is -0.508 e. The molecule has 0 aliphatic carbocycles. The van der Waals surface area contributed by atoms with Crippen LogP contribution in [-0.2, 0) is 0 Å². The Balaban J connectivity index is 2.28. The molecule has 7 heteroatoms. The fourth-order valence-electron chi connectivity index (χ4n) is 2.47. The number of aromatic nitrogens is 2. The number of carbonyl (C=O) groups is 1. The van der Waals surface area contributed by atoms with Crippen molar-refractivity contribution >= 4 is 28.0 Å². The molecule has 1 amide bonds. The molecule has 0 radical (unpaired) electrons. The summed E-state index contributed by atoms with van der Waals surface area (Å²) in [6, 6.07) is 6.08. The van der Waals surface area contributed by atoms with Crippen molar-refractivity contribution in [1.29, 1.82) is 0 Å². The predicted molar refractivity (Wildman–Crippen MR) is 94.2 cm³/mol. The SMILES string of the molecule is Cc1scc2c(C(=O)NC(C)C)nn(-c3ccc(O)cc3)c(=O)c12. The number of fused-ring (bicyclic) bond motifs is 1. The zero-order valence-electron chi connectivity index (χ0n) is 13.5. The Kier molecular flexibility index (Phi) is 4.11. The van der Waals surface area contributed by atoms with Crippen LogP contribution in [0.5, 0.6) is 5.75 Å². The van der Waals surface area contributed by atoms with Gasteiger partial charge in [-0.1, -0.05) is 0 Å². The highest BCUT2D eigenvalue weighted by molar-refractivity contribution is 7.11. The zero-order valence-corrected chi connectivity index (χ0v) is 14.3. The van der Waals surface area contributed by atoms with E-state index in [2.05, 4.69) is 10.4 Å². The number of hydrogen-bond donors (Lipinski definition) is 2. The summed E-state index contributed by atoms with van der Waals surface area (Å²) in [6.07, 6.45) is 0. The van der Waals surface area contributed by atoms with Crippen LogP contribution in [0, 0.1) is 6.92 Å². The monoisotopic (exact) mass is 343 g/mol. The number of thiophene rings is 1. The lowest BCUT2D eigenvalue weighted by atomic mass is 10.2. The van der Waals surface area contributed by atoms with Crippen LogP contribution in [0.15, 0.2) is 34.4 Å². The van der Waals surface area contributed by atoms with Gasteiger partial charge >= 0.3 is 0 Å². The predicted octanol–water partition coefficient (Wildman–Crippen LogP) is 2.60. The lowest BCUT2D eigenvalue weighted by Crippen LogP contribution is -2.33. The topological polar surface area (TPSA) is 84.2 Å². The van der Waals surface area contributed by atoms with Gasteiger partial charge in [0.2, 0.25) is 0 Å². The van der Waals surface area contributed by atoms with Crippen molar-refractivity contribution < 1.29 is 9.90 Å². The maximum Gasteiger partial charge on any atom is 0.280 e. The van der Waals surface area contributed by atoms with Gasteiger partial charge in [0.25, 0.3) is 11.5 Å². The van der Waals surface area contributed by atoms with Crippen LogP contribution in [0.4, 0.5) is 0 Å². The van der Waals surface area contributed by atoms with Crippen molar-refractivity contribution in [3.8, 4) is 11.4 Å². The van der Waals surface area contributed by atoms with Gasteiger partial charge in [-0.05, 0) is 45.0 Å². The molecule has 0 saturated heterocycles. The van der Waals surface area contributed by atoms with Gasteiger partial charge in [-0.15, -0.1) is 11.3 Å². The van der Waals surface area contributed by atoms with Gasteiger partial charge in [0, 0.05) is 21.7 Å². The second-order valence-electron chi connectivity index (χ2n) is 5.79. The highest BCUT2D eigenvalue weighted by atomic mass is 32.1. The molecule has 24 heavy (non-hydrogen) atoms. The first-order valence-electron chi connectivity index (χ1n) is 7.50. The van der Waals surface area contributed by atoms with E-state index in [1.165, 1.54) is 28.2 Å². The average molecular weight is 343 g/mol. The number of rotatable bonds is 3. The van der Waals surface area contributed by atoms with E-state index >= 15 is 0 Å². The third-order valence-electron chi connectivity index (χ3n) is 3.57. The fourth-order valence-corrected chi connectivity index (χ4v) is 3.31. The van der Waals surface area contributed by atoms with Crippen LogP contribution in [0.25, 0.3) is 16.5 Å². The average Bonchev–Trinajstić information content (AvgIpc) is 2.90. The molecule has 2 aromatic heterocycles. The lowest BCUT2D eigenvalue weighted by molar-refractivity contribution is 0.0938. The molecular formula is C17H17N3O3S. The Morgan fingerprint density at radius 3 is 2.58 bits per heavy atom. The van der Waals surface area contributed by atoms with Gasteiger partial charge in [-0.3, -0.25) is 9.59 Å². The molecule has 6 nitrogen and oxygen atoms in total. The highest BCUT2D eigenvalue weighted by Crippen LogP contribution is 2.25. The van der Waals surface area contributed by atoms with Gasteiger partial charge in [0.05, 0.1) is 11.1 Å². The smallest absolute Gasteiger partial charge is 0.280 e. The molecular weight excluding hydrogens is 326 g/mol. The molecule has 0 saturated carbocycles. The third kappa shape index (κ3) is 2.78. The van der Waals surface area contributed by atoms with E-state index in [4.69, 9.17) is 0 Å². The fraction of sp³-hybridized carbons (Fsp3) is 0.235. The van der Waals surface area contributed by atoms with Crippen molar-refractivity contribution in [3.05, 3.63) is 50.6 Å². The number of carbonyl (C=O) groups excluding carboxylic acids is 1. The van der Waals surface area contributed by atoms with Crippen LogP contribution in [0.3, 0.4) is 0 Å². The van der Waals surface area contributed by atoms with Crippen molar-refractivity contribution in [3.63, 3.8) is 0 Å². The first-order valence-corrected chi connectivity index (χ1v) is 8.38. The van der Waals surface area contributed by atoms with Gasteiger partial charge < -0.3 is 10.4 Å². The Labute approximate surface area is 142 Å². The summed E-state index contributed by atoms with van der Waals surface area (Å²) in [5.74, 6) is -0.224. The van der Waals surface area contributed by atoms with E-state index in [0.29, 0.717) is 16.5 Å². The first-order chi connectivity index (χ1) is 11.4. The number of aryl methyl sites for hydroxylation is 1. The molecule has 124 valence electrons. The number of phenols is 1. The van der Waals surface area contributed by atoms with Gasteiger partial charge in [-0.25, -0.2) is 0 Å². The second-order valence-corrected chi connectivity index (χ2v) is 6.87. The van der Waals surface area contributed by atoms with Crippen LogP contribution in [0.2, 0.25) is 0 Å². The van der Waals surface area contributed by atoms with E-state index in [-0.39, 0.29) is 29.0 Å². The minimum absolute atomic E-state index is 0.0388. The minimum atomic E-state index is -0.319. The first kappa shape index (κ1) is 16.2. The van der Waals surface area contributed by atoms with Crippen molar-refractivity contribution in [2.24, 2.45) is 0 Å². The van der Waals surface area contributed by atoms with E-state index in [9.17, 15) is 14.7 Å². The molecule has 0 bridgehead atoms. The number of amides is 1. The summed E-state index contributed by atoms with van der Waals surface area (Å²) < 4.78 is 1.21. The zero-order chi connectivity index (χ0) is 17.4. The van der Waals surface area contributed by atoms with E-state index < -0.39 is 0 Å². The summed E-state index contributed by atoms with van der Waals surface area (Å²) in [4.78, 5) is 26.1. The van der Waals surface area contributed by atoms with Crippen molar-refractivity contribution in [2.75, 3.05) is 0 Å². The molecule has 0 aliphatic heterocycles. The number of benzene rings is 1. The molecule has 0 aliphatic rings. The van der Waals surface area contributed by atoms with Crippen LogP contribution in [-0.4, -0.2) is 26.8 Å². The van der Waals surface area contributed by atoms with Crippen LogP contribution >= 0.6 is 11.3 Å². The standard InChI is InChI=1S/C17H17N3O3S/c1-9(2)18-16(22)15-13-8-24-10(3)14(13)17(23)20(19-15)11-4-6-12(21)7-5-11/h4-9,21H,1-3H3,(H,18,22). The maximum atomic E-state index is 12.8. The van der Waals surface area contributed by atoms with Gasteiger partial charge in [-0.2, -0.15) is 9.78 Å². The molecule has 3 aromatic rings. The van der Waals surface area contributed by atoms with Crippen LogP contribution in [0.1, 0.15) is 29.2 Å². The Bertz CT molecular complexity index is 971. The normalized spacial score (nSPS) is 11.2. The molecule has 0 fully saturated rings. The maximum absolute atomic E-state index is 12.8. The summed E-state index contributed by atoms with van der Waals surface area (Å²) >= 11 is 1.42.